The smallest absolute Gasteiger partial charge is 0.246 e. The van der Waals surface area contributed by atoms with Gasteiger partial charge in [-0.25, -0.2) is 0 Å². The molecule has 3 N–H and O–H groups in total. The lowest BCUT2D eigenvalue weighted by molar-refractivity contribution is -0.114. The molecule has 1 aliphatic rings. The van der Waals surface area contributed by atoms with Crippen LogP contribution in [0.1, 0.15) is 11.1 Å². The van der Waals surface area contributed by atoms with Crippen LogP contribution >= 0.6 is 11.6 Å². The summed E-state index contributed by atoms with van der Waals surface area (Å²) in [5, 5.41) is 3.39. The number of benzodiazepines with no additional fused rings is 1. The van der Waals surface area contributed by atoms with Gasteiger partial charge in [0.1, 0.15) is 18.9 Å². The quantitative estimate of drug-likeness (QED) is 0.635. The largest absolute Gasteiger partial charge is 0.489 e. The molecule has 0 saturated carbocycles. The molecule has 1 heterocycles. The van der Waals surface area contributed by atoms with Crippen molar-refractivity contribution < 1.29 is 14.3 Å². The Morgan fingerprint density at radius 3 is 2.80 bits per heavy atom. The molecule has 0 fully saturated rings. The first-order chi connectivity index (χ1) is 12.1. The molecule has 1 amide bonds. The Kier molecular flexibility index (Phi) is 5.21. The normalized spacial score (nSPS) is 13.5. The van der Waals surface area contributed by atoms with E-state index in [0.29, 0.717) is 46.6 Å². The Morgan fingerprint density at radius 2 is 2.04 bits per heavy atom. The average molecular weight is 360 g/mol. The highest BCUT2D eigenvalue weighted by Gasteiger charge is 2.21. The Labute approximate surface area is 150 Å². The summed E-state index contributed by atoms with van der Waals surface area (Å²) in [5.41, 5.74) is 9.23. The number of nitrogen functional groups attached to an aromatic ring is 1. The minimum atomic E-state index is -0.212. The molecule has 0 spiro atoms. The van der Waals surface area contributed by atoms with Crippen LogP contribution in [0.25, 0.3) is 0 Å². The third-order valence-electron chi connectivity index (χ3n) is 3.73. The number of aliphatic imine (C=N–C) groups is 1. The summed E-state index contributed by atoms with van der Waals surface area (Å²) >= 11 is 6.31. The van der Waals surface area contributed by atoms with Crippen molar-refractivity contribution in [2.24, 2.45) is 4.99 Å². The lowest BCUT2D eigenvalue weighted by Gasteiger charge is -2.15. The number of anilines is 2. The fourth-order valence-electron chi connectivity index (χ4n) is 2.57. The number of nitrogens with two attached hydrogens (primary N) is 1. The maximum Gasteiger partial charge on any atom is 0.246 e. The highest BCUT2D eigenvalue weighted by atomic mass is 35.5. The van der Waals surface area contributed by atoms with Crippen molar-refractivity contribution in [1.82, 2.24) is 0 Å². The molecule has 0 radical (unpaired) electrons. The predicted octanol–water partition coefficient (Wildman–Crippen LogP) is 2.74. The summed E-state index contributed by atoms with van der Waals surface area (Å²) in [4.78, 5) is 16.4. The van der Waals surface area contributed by atoms with Gasteiger partial charge < -0.3 is 20.5 Å². The summed E-state index contributed by atoms with van der Waals surface area (Å²) in [6, 6.07) is 10.8. The van der Waals surface area contributed by atoms with Gasteiger partial charge in [-0.3, -0.25) is 9.79 Å². The second-order valence-corrected chi connectivity index (χ2v) is 5.88. The SMILES string of the molecule is COCCOc1cc2c(cc1N)C(c1ccccc1Cl)=NCC(=O)N2. The molecule has 0 saturated heterocycles. The van der Waals surface area contributed by atoms with E-state index in [1.807, 2.05) is 18.2 Å². The van der Waals surface area contributed by atoms with E-state index in [4.69, 9.17) is 26.8 Å². The van der Waals surface area contributed by atoms with Crippen LogP contribution < -0.4 is 15.8 Å². The molecule has 1 aliphatic heterocycles. The van der Waals surface area contributed by atoms with Gasteiger partial charge in [0.25, 0.3) is 0 Å². The first-order valence-electron chi connectivity index (χ1n) is 7.75. The molecule has 7 heteroatoms. The number of amides is 1. The molecule has 0 aromatic heterocycles. The van der Waals surface area contributed by atoms with E-state index in [0.717, 1.165) is 5.56 Å². The monoisotopic (exact) mass is 359 g/mol. The van der Waals surface area contributed by atoms with E-state index < -0.39 is 0 Å². The number of benzene rings is 2. The van der Waals surface area contributed by atoms with E-state index in [1.54, 1.807) is 25.3 Å². The lowest BCUT2D eigenvalue weighted by atomic mass is 9.99. The van der Waals surface area contributed by atoms with Crippen molar-refractivity contribution in [3.63, 3.8) is 0 Å². The number of hydrogen-bond acceptors (Lipinski definition) is 5. The highest BCUT2D eigenvalue weighted by Crippen LogP contribution is 2.33. The van der Waals surface area contributed by atoms with Gasteiger partial charge in [0.05, 0.1) is 23.7 Å². The van der Waals surface area contributed by atoms with E-state index >= 15 is 0 Å². The minimum absolute atomic E-state index is 0.00893. The second-order valence-electron chi connectivity index (χ2n) is 5.47. The fraction of sp³-hybridized carbons (Fsp3) is 0.222. The van der Waals surface area contributed by atoms with E-state index in [9.17, 15) is 4.79 Å². The third-order valence-corrected chi connectivity index (χ3v) is 4.06. The third kappa shape index (κ3) is 3.75. The van der Waals surface area contributed by atoms with E-state index in [1.165, 1.54) is 0 Å². The van der Waals surface area contributed by atoms with Crippen molar-refractivity contribution in [1.29, 1.82) is 0 Å². The van der Waals surface area contributed by atoms with Gasteiger partial charge in [0, 0.05) is 29.3 Å². The Bertz CT molecular complexity index is 836. The van der Waals surface area contributed by atoms with Crippen LogP contribution in [-0.4, -0.2) is 38.5 Å². The Morgan fingerprint density at radius 1 is 1.24 bits per heavy atom. The molecule has 0 unspecified atom stereocenters. The number of methoxy groups -OCH3 is 1. The molecule has 25 heavy (non-hydrogen) atoms. The van der Waals surface area contributed by atoms with Crippen molar-refractivity contribution >= 4 is 34.6 Å². The van der Waals surface area contributed by atoms with Gasteiger partial charge in [-0.1, -0.05) is 29.8 Å². The summed E-state index contributed by atoms with van der Waals surface area (Å²) < 4.78 is 10.6. The topological polar surface area (TPSA) is 85.9 Å². The van der Waals surface area contributed by atoms with Crippen LogP contribution in [0.15, 0.2) is 41.4 Å². The number of nitrogens with one attached hydrogen (secondary N) is 1. The van der Waals surface area contributed by atoms with Gasteiger partial charge in [-0.05, 0) is 12.1 Å². The molecule has 0 atom stereocenters. The van der Waals surface area contributed by atoms with Crippen molar-refractivity contribution in [2.45, 2.75) is 0 Å². The maximum absolute atomic E-state index is 12.0. The summed E-state index contributed by atoms with van der Waals surface area (Å²) in [6.07, 6.45) is 0. The summed E-state index contributed by atoms with van der Waals surface area (Å²) in [6.45, 7) is 0.809. The molecule has 6 nitrogen and oxygen atoms in total. The van der Waals surface area contributed by atoms with Crippen LogP contribution in [0, 0.1) is 0 Å². The molecular weight excluding hydrogens is 342 g/mol. The van der Waals surface area contributed by atoms with Crippen molar-refractivity contribution in [3.05, 3.63) is 52.5 Å². The van der Waals surface area contributed by atoms with Crippen LogP contribution in [0.5, 0.6) is 5.75 Å². The highest BCUT2D eigenvalue weighted by molar-refractivity contribution is 6.36. The lowest BCUT2D eigenvalue weighted by Crippen LogP contribution is -2.14. The van der Waals surface area contributed by atoms with E-state index in [2.05, 4.69) is 10.3 Å². The number of carbonyl (C=O) groups excluding carboxylic acids is 1. The minimum Gasteiger partial charge on any atom is -0.489 e. The molecule has 0 bridgehead atoms. The zero-order valence-corrected chi connectivity index (χ0v) is 14.5. The zero-order valence-electron chi connectivity index (χ0n) is 13.7. The predicted molar refractivity (Wildman–Crippen MR) is 98.8 cm³/mol. The first kappa shape index (κ1) is 17.3. The first-order valence-corrected chi connectivity index (χ1v) is 8.12. The molecule has 2 aromatic rings. The summed E-state index contributed by atoms with van der Waals surface area (Å²) in [7, 11) is 1.59. The Hall–Kier alpha value is -2.57. The van der Waals surface area contributed by atoms with Crippen molar-refractivity contribution in [2.75, 3.05) is 37.9 Å². The molecule has 2 aromatic carbocycles. The molecular formula is C18H18ClN3O3. The van der Waals surface area contributed by atoms with Crippen LogP contribution in [-0.2, 0) is 9.53 Å². The number of rotatable bonds is 5. The van der Waals surface area contributed by atoms with Gasteiger partial charge in [-0.2, -0.15) is 0 Å². The standard InChI is InChI=1S/C18H18ClN3O3/c1-24-6-7-25-16-9-15-12(8-14(16)20)18(21-10-17(23)22-15)11-4-2-3-5-13(11)19/h2-5,8-9H,6-7,10,20H2,1H3,(H,22,23). The van der Waals surface area contributed by atoms with Gasteiger partial charge in [0.15, 0.2) is 0 Å². The maximum atomic E-state index is 12.0. The van der Waals surface area contributed by atoms with Crippen LogP contribution in [0.4, 0.5) is 11.4 Å². The number of fused-ring (bicyclic) bond motifs is 1. The van der Waals surface area contributed by atoms with Crippen LogP contribution in [0.2, 0.25) is 5.02 Å². The molecule has 130 valence electrons. The zero-order chi connectivity index (χ0) is 17.8. The van der Waals surface area contributed by atoms with Gasteiger partial charge >= 0.3 is 0 Å². The number of carbonyl (C=O) groups is 1. The van der Waals surface area contributed by atoms with Crippen molar-refractivity contribution in [3.8, 4) is 5.75 Å². The number of ether oxygens (including phenoxy) is 2. The fourth-order valence-corrected chi connectivity index (χ4v) is 2.79. The van der Waals surface area contributed by atoms with E-state index in [-0.39, 0.29) is 12.5 Å². The average Bonchev–Trinajstić information content (AvgIpc) is 2.74. The number of halogens is 1. The van der Waals surface area contributed by atoms with Gasteiger partial charge in [0.2, 0.25) is 5.91 Å². The molecule has 3 rings (SSSR count). The van der Waals surface area contributed by atoms with Crippen LogP contribution in [0.3, 0.4) is 0 Å². The second kappa shape index (κ2) is 7.55. The Balaban J connectivity index is 2.06. The molecule has 0 aliphatic carbocycles. The number of hydrogen-bond donors (Lipinski definition) is 2. The van der Waals surface area contributed by atoms with Gasteiger partial charge in [-0.15, -0.1) is 0 Å². The number of nitrogens with zero attached hydrogens (tertiary/aromatic N) is 1. The summed E-state index contributed by atoms with van der Waals surface area (Å²) in [5.74, 6) is 0.271.